The number of hydrogen-bond donors (Lipinski definition) is 1. The van der Waals surface area contributed by atoms with Crippen LogP contribution in [0.5, 0.6) is 0 Å². The van der Waals surface area contributed by atoms with Crippen LogP contribution in [0.25, 0.3) is 0 Å². The van der Waals surface area contributed by atoms with Gasteiger partial charge in [-0.25, -0.2) is 0 Å². The zero-order chi connectivity index (χ0) is 7.40. The van der Waals surface area contributed by atoms with Gasteiger partial charge in [0.1, 0.15) is 0 Å². The molecular formula is C9H18O. The van der Waals surface area contributed by atoms with Crippen molar-refractivity contribution in [3.8, 4) is 0 Å². The molecule has 0 saturated heterocycles. The molecule has 0 aromatic carbocycles. The van der Waals surface area contributed by atoms with E-state index in [1.807, 2.05) is 0 Å². The molecule has 2 atom stereocenters. The van der Waals surface area contributed by atoms with E-state index in [4.69, 9.17) is 0 Å². The van der Waals surface area contributed by atoms with Crippen LogP contribution in [0.2, 0.25) is 0 Å². The van der Waals surface area contributed by atoms with Crippen LogP contribution in [0, 0.1) is 5.92 Å². The third kappa shape index (κ3) is 2.30. The van der Waals surface area contributed by atoms with Gasteiger partial charge < -0.3 is 5.11 Å². The monoisotopic (exact) mass is 142 g/mol. The fraction of sp³-hybridized carbons (Fsp3) is 1.00. The summed E-state index contributed by atoms with van der Waals surface area (Å²) in [5, 5.41) is 9.31. The lowest BCUT2D eigenvalue weighted by atomic mass is 9.85. The number of aliphatic hydroxyl groups is 1. The maximum Gasteiger partial charge on any atom is 0.0542 e. The van der Waals surface area contributed by atoms with Crippen molar-refractivity contribution in [2.45, 2.75) is 51.6 Å². The molecule has 0 heterocycles. The summed E-state index contributed by atoms with van der Waals surface area (Å²) < 4.78 is 0. The first-order valence-corrected chi connectivity index (χ1v) is 4.51. The Labute approximate surface area is 63.4 Å². The van der Waals surface area contributed by atoms with E-state index >= 15 is 0 Å². The molecule has 0 aliphatic heterocycles. The van der Waals surface area contributed by atoms with Crippen LogP contribution in [-0.2, 0) is 0 Å². The second kappa shape index (κ2) is 3.97. The Balaban J connectivity index is 2.18. The third-order valence-corrected chi connectivity index (χ3v) is 2.45. The maximum absolute atomic E-state index is 9.31. The molecule has 0 aromatic heterocycles. The van der Waals surface area contributed by atoms with Crippen molar-refractivity contribution in [1.82, 2.24) is 0 Å². The molecule has 60 valence electrons. The molecule has 0 aromatic rings. The molecule has 0 amide bonds. The van der Waals surface area contributed by atoms with Gasteiger partial charge in [-0.2, -0.15) is 0 Å². The van der Waals surface area contributed by atoms with E-state index in [0.717, 1.165) is 18.8 Å². The van der Waals surface area contributed by atoms with E-state index in [0.29, 0.717) is 0 Å². The lowest BCUT2D eigenvalue weighted by Gasteiger charge is -2.25. The van der Waals surface area contributed by atoms with E-state index in [1.165, 1.54) is 25.7 Å². The number of hydrogen-bond acceptors (Lipinski definition) is 1. The minimum atomic E-state index is 0.0188. The summed E-state index contributed by atoms with van der Waals surface area (Å²) in [6, 6.07) is 0. The highest BCUT2D eigenvalue weighted by Crippen LogP contribution is 2.27. The normalized spacial score (nSPS) is 34.2. The van der Waals surface area contributed by atoms with Crippen molar-refractivity contribution in [3.63, 3.8) is 0 Å². The van der Waals surface area contributed by atoms with Gasteiger partial charge in [0.15, 0.2) is 0 Å². The molecule has 1 aliphatic carbocycles. The van der Waals surface area contributed by atoms with Crippen molar-refractivity contribution in [1.29, 1.82) is 0 Å². The summed E-state index contributed by atoms with van der Waals surface area (Å²) in [4.78, 5) is 0. The zero-order valence-corrected chi connectivity index (χ0v) is 6.84. The molecule has 1 aliphatic rings. The second-order valence-corrected chi connectivity index (χ2v) is 3.48. The molecule has 1 nitrogen and oxygen atoms in total. The molecule has 1 N–H and O–H groups in total. The van der Waals surface area contributed by atoms with Gasteiger partial charge in [0, 0.05) is 0 Å². The highest BCUT2D eigenvalue weighted by atomic mass is 16.3. The number of rotatable bonds is 2. The molecule has 1 saturated carbocycles. The Morgan fingerprint density at radius 2 is 2.20 bits per heavy atom. The molecule has 0 spiro atoms. The number of aliphatic hydroxyl groups excluding tert-OH is 1. The Morgan fingerprint density at radius 1 is 1.40 bits per heavy atom. The molecule has 1 unspecified atom stereocenters. The quantitative estimate of drug-likeness (QED) is 0.627. The van der Waals surface area contributed by atoms with Gasteiger partial charge in [0.05, 0.1) is 6.10 Å². The van der Waals surface area contributed by atoms with Crippen LogP contribution in [0.3, 0.4) is 0 Å². The zero-order valence-electron chi connectivity index (χ0n) is 6.84. The van der Waals surface area contributed by atoms with Crippen LogP contribution < -0.4 is 0 Å². The van der Waals surface area contributed by atoms with Gasteiger partial charge in [-0.3, -0.25) is 0 Å². The van der Waals surface area contributed by atoms with Gasteiger partial charge >= 0.3 is 0 Å². The SMILES string of the molecule is CCCC1CCC[C@@H](O)C1. The molecule has 1 heteroatoms. The smallest absolute Gasteiger partial charge is 0.0542 e. The molecule has 1 fully saturated rings. The summed E-state index contributed by atoms with van der Waals surface area (Å²) >= 11 is 0. The minimum Gasteiger partial charge on any atom is -0.393 e. The van der Waals surface area contributed by atoms with Crippen molar-refractivity contribution >= 4 is 0 Å². The third-order valence-electron chi connectivity index (χ3n) is 2.45. The summed E-state index contributed by atoms with van der Waals surface area (Å²) in [6.45, 7) is 2.22. The van der Waals surface area contributed by atoms with Crippen molar-refractivity contribution in [3.05, 3.63) is 0 Å². The first-order chi connectivity index (χ1) is 4.83. The van der Waals surface area contributed by atoms with Crippen LogP contribution in [0.1, 0.15) is 45.4 Å². The predicted molar refractivity (Wildman–Crippen MR) is 42.9 cm³/mol. The highest BCUT2D eigenvalue weighted by molar-refractivity contribution is 4.71. The Hall–Kier alpha value is -0.0400. The van der Waals surface area contributed by atoms with Gasteiger partial charge in [-0.15, -0.1) is 0 Å². The topological polar surface area (TPSA) is 20.2 Å². The average molecular weight is 142 g/mol. The fourth-order valence-corrected chi connectivity index (χ4v) is 1.93. The second-order valence-electron chi connectivity index (χ2n) is 3.48. The largest absolute Gasteiger partial charge is 0.393 e. The Morgan fingerprint density at radius 3 is 2.80 bits per heavy atom. The van der Waals surface area contributed by atoms with Crippen molar-refractivity contribution in [2.75, 3.05) is 0 Å². The van der Waals surface area contributed by atoms with Gasteiger partial charge in [-0.05, 0) is 18.8 Å². The molecule has 0 bridgehead atoms. The van der Waals surface area contributed by atoms with Crippen LogP contribution in [-0.4, -0.2) is 11.2 Å². The van der Waals surface area contributed by atoms with E-state index in [1.54, 1.807) is 0 Å². The summed E-state index contributed by atoms with van der Waals surface area (Å²) in [7, 11) is 0. The minimum absolute atomic E-state index is 0.0188. The molecule has 0 radical (unpaired) electrons. The first-order valence-electron chi connectivity index (χ1n) is 4.51. The molecule has 10 heavy (non-hydrogen) atoms. The van der Waals surface area contributed by atoms with Gasteiger partial charge in [-0.1, -0.05) is 32.6 Å². The summed E-state index contributed by atoms with van der Waals surface area (Å²) in [5.41, 5.74) is 0. The van der Waals surface area contributed by atoms with Crippen LogP contribution in [0.15, 0.2) is 0 Å². The van der Waals surface area contributed by atoms with Crippen molar-refractivity contribution in [2.24, 2.45) is 5.92 Å². The van der Waals surface area contributed by atoms with Crippen LogP contribution >= 0.6 is 0 Å². The Bertz CT molecular complexity index is 88.7. The fourth-order valence-electron chi connectivity index (χ4n) is 1.93. The Kier molecular flexibility index (Phi) is 3.20. The van der Waals surface area contributed by atoms with E-state index < -0.39 is 0 Å². The summed E-state index contributed by atoms with van der Waals surface area (Å²) in [5.74, 6) is 0.828. The summed E-state index contributed by atoms with van der Waals surface area (Å²) in [6.07, 6.45) is 7.31. The predicted octanol–water partition coefficient (Wildman–Crippen LogP) is 2.34. The van der Waals surface area contributed by atoms with E-state index in [-0.39, 0.29) is 6.10 Å². The lowest BCUT2D eigenvalue weighted by molar-refractivity contribution is 0.0981. The van der Waals surface area contributed by atoms with Crippen LogP contribution in [0.4, 0.5) is 0 Å². The molecule has 1 rings (SSSR count). The van der Waals surface area contributed by atoms with Crippen molar-refractivity contribution < 1.29 is 5.11 Å². The van der Waals surface area contributed by atoms with Gasteiger partial charge in [0.2, 0.25) is 0 Å². The lowest BCUT2D eigenvalue weighted by Crippen LogP contribution is -2.19. The van der Waals surface area contributed by atoms with E-state index in [2.05, 4.69) is 6.92 Å². The van der Waals surface area contributed by atoms with E-state index in [9.17, 15) is 5.11 Å². The maximum atomic E-state index is 9.31. The molecular weight excluding hydrogens is 124 g/mol. The highest BCUT2D eigenvalue weighted by Gasteiger charge is 2.18. The average Bonchev–Trinajstić information content (AvgIpc) is 1.88. The first kappa shape index (κ1) is 8.06. The standard InChI is InChI=1S/C9H18O/c1-2-4-8-5-3-6-9(10)7-8/h8-10H,2-7H2,1H3/t8?,9-/m1/s1. The van der Waals surface area contributed by atoms with Gasteiger partial charge in [0.25, 0.3) is 0 Å².